The van der Waals surface area contributed by atoms with Crippen molar-refractivity contribution in [2.75, 3.05) is 38.1 Å². The molecule has 3 aliphatic heterocycles. The van der Waals surface area contributed by atoms with Crippen molar-refractivity contribution >= 4 is 47.4 Å². The fourth-order valence-corrected chi connectivity index (χ4v) is 9.34. The third kappa shape index (κ3) is 9.43. The van der Waals surface area contributed by atoms with Gasteiger partial charge in [-0.25, -0.2) is 9.78 Å². The number of halogens is 3. The van der Waals surface area contributed by atoms with Gasteiger partial charge in [-0.05, 0) is 108 Å². The van der Waals surface area contributed by atoms with Gasteiger partial charge >= 0.3 is 12.2 Å². The molecule has 2 aromatic rings. The number of pyridine rings is 1. The van der Waals surface area contributed by atoms with Gasteiger partial charge in [0.1, 0.15) is 11.4 Å². The molecular weight excluding hydrogens is 766 g/mol. The van der Waals surface area contributed by atoms with E-state index in [2.05, 4.69) is 39.3 Å². The molecule has 306 valence electrons. The highest BCUT2D eigenvalue weighted by atomic mass is 32.2. The van der Waals surface area contributed by atoms with Crippen LogP contribution in [0.5, 0.6) is 0 Å². The molecule has 6 rings (SSSR count). The van der Waals surface area contributed by atoms with Gasteiger partial charge in [0, 0.05) is 55.3 Å². The highest BCUT2D eigenvalue weighted by Gasteiger charge is 2.55. The molecule has 1 saturated carbocycles. The second kappa shape index (κ2) is 17.1. The van der Waals surface area contributed by atoms with Gasteiger partial charge in [-0.3, -0.25) is 34.3 Å². The molecule has 14 nitrogen and oxygen atoms in total. The fraction of sp³-hybridized carbons (Fsp3) is 0.564. The first-order valence-corrected chi connectivity index (χ1v) is 19.9. The topological polar surface area (TPSA) is 168 Å². The maximum Gasteiger partial charge on any atom is 0.417 e. The Bertz CT molecular complexity index is 1920. The van der Waals surface area contributed by atoms with Crippen LogP contribution < -0.4 is 10.6 Å². The average molecular weight is 813 g/mol. The number of ether oxygens (including phenoxy) is 1. The zero-order valence-electron chi connectivity index (χ0n) is 32.3. The van der Waals surface area contributed by atoms with Crippen LogP contribution in [0.2, 0.25) is 0 Å². The van der Waals surface area contributed by atoms with E-state index >= 15 is 0 Å². The highest BCUT2D eigenvalue weighted by molar-refractivity contribution is 7.98. The van der Waals surface area contributed by atoms with E-state index in [1.807, 2.05) is 0 Å². The second-order valence-electron chi connectivity index (χ2n) is 15.7. The number of alkyl halides is 3. The van der Waals surface area contributed by atoms with Crippen molar-refractivity contribution in [3.63, 3.8) is 0 Å². The molecule has 1 aromatic heterocycles. The summed E-state index contributed by atoms with van der Waals surface area (Å²) in [6, 6.07) is 7.41. The van der Waals surface area contributed by atoms with Crippen LogP contribution in [0.25, 0.3) is 0 Å². The smallest absolute Gasteiger partial charge is 0.377 e. The minimum Gasteiger partial charge on any atom is -0.377 e. The third-order valence-electron chi connectivity index (χ3n) is 11.3. The van der Waals surface area contributed by atoms with Gasteiger partial charge in [-0.15, -0.1) is 0 Å². The van der Waals surface area contributed by atoms with Gasteiger partial charge in [0.2, 0.25) is 17.7 Å². The SMILES string of the molecule is C[C@@H]1CN(CCOC2CCC(N3C(=O)N(Sc4ccc(C#N)c(C(F)(F)F)c4)C(=O)C3(C)C)CC2)C[C@H](C)N1CC(=O)Nc1cc(C2CCC(=O)NC2=O)ccn1. The number of anilines is 1. The Hall–Kier alpha value is -4.57. The molecule has 57 heavy (non-hydrogen) atoms. The first-order chi connectivity index (χ1) is 27.0. The Balaban J connectivity index is 0.940. The van der Waals surface area contributed by atoms with Crippen molar-refractivity contribution in [3.8, 4) is 6.07 Å². The van der Waals surface area contributed by atoms with E-state index in [4.69, 9.17) is 10.00 Å². The molecule has 3 saturated heterocycles. The van der Waals surface area contributed by atoms with Gasteiger partial charge in [-0.2, -0.15) is 22.7 Å². The number of benzene rings is 1. The van der Waals surface area contributed by atoms with Crippen LogP contribution >= 0.6 is 11.9 Å². The molecule has 18 heteroatoms. The van der Waals surface area contributed by atoms with Gasteiger partial charge < -0.3 is 15.0 Å². The number of imide groups is 2. The van der Waals surface area contributed by atoms with E-state index in [0.29, 0.717) is 68.6 Å². The van der Waals surface area contributed by atoms with Gasteiger partial charge in [0.05, 0.1) is 42.4 Å². The molecule has 0 radical (unpaired) electrons. The number of hydrogen-bond acceptors (Lipinski definition) is 11. The van der Waals surface area contributed by atoms with Crippen LogP contribution in [0, 0.1) is 11.3 Å². The molecule has 6 amide bonds. The normalized spacial score (nSPS) is 26.0. The van der Waals surface area contributed by atoms with Crippen molar-refractivity contribution in [2.24, 2.45) is 0 Å². The molecular formula is C39H47F3N8O6S. The number of rotatable bonds is 11. The van der Waals surface area contributed by atoms with Gasteiger partial charge in [0.25, 0.3) is 5.91 Å². The van der Waals surface area contributed by atoms with Crippen molar-refractivity contribution < 1.29 is 41.9 Å². The lowest BCUT2D eigenvalue weighted by Gasteiger charge is -2.44. The number of carbonyl (C=O) groups excluding carboxylic acids is 5. The Morgan fingerprint density at radius 1 is 1.05 bits per heavy atom. The molecule has 1 aliphatic carbocycles. The van der Waals surface area contributed by atoms with E-state index in [-0.39, 0.29) is 59.8 Å². The van der Waals surface area contributed by atoms with E-state index in [1.54, 1.807) is 37.1 Å². The predicted molar refractivity (Wildman–Crippen MR) is 202 cm³/mol. The van der Waals surface area contributed by atoms with Crippen LogP contribution in [-0.2, 0) is 30.1 Å². The fourth-order valence-electron chi connectivity index (χ4n) is 8.36. The standard InChI is InChI=1S/C39H47F3N8O6S/c1-23-20-47(21-24(2)48(23)22-34(52)45-32-17-25(13-14-44-32)30-11-12-33(51)46-35(30)53)15-16-56-28-8-6-27(7-9-28)49-37(55)50(36(54)38(49,3)4)57-29-10-5-26(19-43)31(18-29)39(40,41)42/h5,10,13-14,17-18,23-24,27-28,30H,6-9,11-12,15-16,20-22H2,1-4H3,(H,44,45,52)(H,46,51,53)/t23-,24+,27?,28?,30?. The summed E-state index contributed by atoms with van der Waals surface area (Å²) in [6.07, 6.45) is -0.0230. The molecule has 1 aromatic carbocycles. The highest BCUT2D eigenvalue weighted by Crippen LogP contribution is 2.42. The largest absolute Gasteiger partial charge is 0.417 e. The minimum absolute atomic E-state index is 0.0235. The molecule has 4 heterocycles. The molecule has 3 atom stereocenters. The summed E-state index contributed by atoms with van der Waals surface area (Å²) in [5.74, 6) is -1.50. The van der Waals surface area contributed by atoms with Crippen molar-refractivity contribution in [2.45, 2.75) is 113 Å². The lowest BCUT2D eigenvalue weighted by Crippen LogP contribution is -2.58. The second-order valence-corrected chi connectivity index (χ2v) is 16.7. The van der Waals surface area contributed by atoms with Crippen molar-refractivity contribution in [3.05, 3.63) is 53.2 Å². The van der Waals surface area contributed by atoms with Crippen molar-refractivity contribution in [1.29, 1.82) is 5.26 Å². The number of amides is 6. The first kappa shape index (κ1) is 42.0. The van der Waals surface area contributed by atoms with Crippen molar-refractivity contribution in [1.82, 2.24) is 29.3 Å². The van der Waals surface area contributed by atoms with Crippen LogP contribution in [0.3, 0.4) is 0 Å². The lowest BCUT2D eigenvalue weighted by molar-refractivity contribution is -0.138. The first-order valence-electron chi connectivity index (χ1n) is 19.1. The summed E-state index contributed by atoms with van der Waals surface area (Å²) in [4.78, 5) is 74.3. The summed E-state index contributed by atoms with van der Waals surface area (Å²) in [7, 11) is 0. The van der Waals surface area contributed by atoms with Crippen LogP contribution in [-0.4, -0.2) is 116 Å². The van der Waals surface area contributed by atoms with Crippen LogP contribution in [0.4, 0.5) is 23.8 Å². The number of nitrogens with zero attached hydrogens (tertiary/aromatic N) is 6. The Morgan fingerprint density at radius 2 is 1.75 bits per heavy atom. The minimum atomic E-state index is -4.77. The summed E-state index contributed by atoms with van der Waals surface area (Å²) in [6.45, 7) is 10.3. The molecule has 1 unspecified atom stereocenters. The average Bonchev–Trinajstić information content (AvgIpc) is 3.31. The summed E-state index contributed by atoms with van der Waals surface area (Å²) in [5, 5.41) is 14.3. The Labute approximate surface area is 333 Å². The third-order valence-corrected chi connectivity index (χ3v) is 12.2. The Morgan fingerprint density at radius 3 is 2.40 bits per heavy atom. The summed E-state index contributed by atoms with van der Waals surface area (Å²) >= 11 is 0.630. The predicted octanol–water partition coefficient (Wildman–Crippen LogP) is 4.90. The van der Waals surface area contributed by atoms with Crippen LogP contribution in [0.15, 0.2) is 41.4 Å². The molecule has 2 N–H and O–H groups in total. The maximum atomic E-state index is 13.6. The number of urea groups is 1. The quantitative estimate of drug-likeness (QED) is 0.180. The van der Waals surface area contributed by atoms with E-state index in [9.17, 15) is 37.1 Å². The molecule has 0 bridgehead atoms. The lowest BCUT2D eigenvalue weighted by atomic mass is 9.89. The van der Waals surface area contributed by atoms with Gasteiger partial charge in [-0.1, -0.05) is 0 Å². The number of nitriles is 1. The molecule has 0 spiro atoms. The zero-order chi connectivity index (χ0) is 41.2. The number of piperazine rings is 1. The van der Waals surface area contributed by atoms with E-state index in [0.717, 1.165) is 29.5 Å². The molecule has 4 aliphatic rings. The molecule has 4 fully saturated rings. The van der Waals surface area contributed by atoms with Crippen LogP contribution in [0.1, 0.15) is 88.8 Å². The number of aromatic nitrogens is 1. The number of nitrogens with one attached hydrogen (secondary N) is 2. The van der Waals surface area contributed by atoms with Gasteiger partial charge in [0.15, 0.2) is 0 Å². The van der Waals surface area contributed by atoms with E-state index < -0.39 is 40.7 Å². The summed E-state index contributed by atoms with van der Waals surface area (Å²) < 4.78 is 47.9. The zero-order valence-corrected chi connectivity index (χ0v) is 33.1. The number of hydrogen-bond donors (Lipinski definition) is 2. The number of carbonyl (C=O) groups is 5. The monoisotopic (exact) mass is 812 g/mol. The van der Waals surface area contributed by atoms with E-state index in [1.165, 1.54) is 12.1 Å². The maximum absolute atomic E-state index is 13.6. The summed E-state index contributed by atoms with van der Waals surface area (Å²) in [5.41, 5.74) is -2.17. The number of piperidine rings is 1. The Kier molecular flexibility index (Phi) is 12.6.